The molecule has 0 amide bonds. The summed E-state index contributed by atoms with van der Waals surface area (Å²) in [5.41, 5.74) is 8.10. The molecule has 0 fully saturated rings. The Labute approximate surface area is 180 Å². The van der Waals surface area contributed by atoms with E-state index < -0.39 is 6.29 Å². The summed E-state index contributed by atoms with van der Waals surface area (Å²) in [7, 11) is 0. The molecule has 0 unspecified atom stereocenters. The number of aliphatic imine (C=N–C) groups is 2. The lowest BCUT2D eigenvalue weighted by Crippen LogP contribution is -2.16. The highest BCUT2D eigenvalue weighted by Gasteiger charge is 2.13. The number of nitrogens with one attached hydrogen (secondary N) is 2. The van der Waals surface area contributed by atoms with Crippen LogP contribution in [-0.2, 0) is 0 Å². The second kappa shape index (κ2) is 8.34. The van der Waals surface area contributed by atoms with Gasteiger partial charge in [-0.15, -0.1) is 0 Å². The van der Waals surface area contributed by atoms with E-state index in [9.17, 15) is 10.2 Å². The van der Waals surface area contributed by atoms with Crippen molar-refractivity contribution in [2.45, 2.75) is 34.0 Å². The maximum atomic E-state index is 9.36. The van der Waals surface area contributed by atoms with Gasteiger partial charge in [-0.2, -0.15) is 0 Å². The summed E-state index contributed by atoms with van der Waals surface area (Å²) < 4.78 is 0. The van der Waals surface area contributed by atoms with Gasteiger partial charge in [-0.1, -0.05) is 0 Å². The minimum absolute atomic E-state index is 0.432. The van der Waals surface area contributed by atoms with Gasteiger partial charge in [0.25, 0.3) is 0 Å². The van der Waals surface area contributed by atoms with Crippen LogP contribution in [-0.4, -0.2) is 38.4 Å². The molecule has 2 aromatic rings. The van der Waals surface area contributed by atoms with Crippen molar-refractivity contribution in [1.82, 2.24) is 9.97 Å². The minimum atomic E-state index is -1.50. The molecule has 2 aliphatic rings. The predicted octanol–water partition coefficient (Wildman–Crippen LogP) is 2.70. The van der Waals surface area contributed by atoms with Gasteiger partial charge in [-0.3, -0.25) is 4.99 Å². The second-order valence-electron chi connectivity index (χ2n) is 7.74. The Kier molecular flexibility index (Phi) is 5.59. The summed E-state index contributed by atoms with van der Waals surface area (Å²) in [4.78, 5) is 15.9. The Balaban J connectivity index is 1.69. The van der Waals surface area contributed by atoms with Crippen molar-refractivity contribution in [2.75, 3.05) is 0 Å². The molecule has 2 aromatic heterocycles. The summed E-state index contributed by atoms with van der Waals surface area (Å²) in [6.07, 6.45) is 7.94. The highest BCUT2D eigenvalue weighted by molar-refractivity contribution is 6.25. The third kappa shape index (κ3) is 4.08. The van der Waals surface area contributed by atoms with E-state index in [1.807, 2.05) is 31.2 Å². The van der Waals surface area contributed by atoms with E-state index >= 15 is 0 Å². The maximum Gasteiger partial charge on any atom is 0.176 e. The lowest BCUT2D eigenvalue weighted by atomic mass is 10.2. The number of allylic oxidation sites excluding steroid dienone is 5. The second-order valence-corrected chi connectivity index (χ2v) is 7.74. The van der Waals surface area contributed by atoms with Crippen molar-refractivity contribution in [3.8, 4) is 0 Å². The van der Waals surface area contributed by atoms with Gasteiger partial charge in [0.1, 0.15) is 0 Å². The van der Waals surface area contributed by atoms with Gasteiger partial charge < -0.3 is 20.2 Å². The molecule has 6 heteroatoms. The lowest BCUT2D eigenvalue weighted by molar-refractivity contribution is -0.00824. The molecule has 0 atom stereocenters. The Morgan fingerprint density at radius 1 is 0.774 bits per heavy atom. The molecule has 0 saturated carbocycles. The summed E-state index contributed by atoms with van der Waals surface area (Å²) in [5.74, 6) is 0. The first-order valence-electron chi connectivity index (χ1n) is 10.2. The van der Waals surface area contributed by atoms with E-state index in [0.717, 1.165) is 50.2 Å². The summed E-state index contributed by atoms with van der Waals surface area (Å²) in [5, 5.41) is 20.7. The first-order chi connectivity index (χ1) is 14.8. The molecular formula is C25H26N4O2. The smallest absolute Gasteiger partial charge is 0.176 e. The molecule has 0 bridgehead atoms. The fourth-order valence-electron chi connectivity index (χ4n) is 3.53. The van der Waals surface area contributed by atoms with Crippen LogP contribution in [0, 0.1) is 0 Å². The van der Waals surface area contributed by atoms with Crippen LogP contribution in [0.5, 0.6) is 0 Å². The van der Waals surface area contributed by atoms with Crippen LogP contribution >= 0.6 is 0 Å². The summed E-state index contributed by atoms with van der Waals surface area (Å²) in [6, 6.07) is 8.25. The predicted molar refractivity (Wildman–Crippen MR) is 126 cm³/mol. The molecule has 4 heterocycles. The van der Waals surface area contributed by atoms with Crippen molar-refractivity contribution in [1.29, 1.82) is 0 Å². The highest BCUT2D eigenvalue weighted by Crippen LogP contribution is 2.23. The first-order valence-corrected chi connectivity index (χ1v) is 10.2. The van der Waals surface area contributed by atoms with Crippen molar-refractivity contribution in [3.05, 3.63) is 87.6 Å². The van der Waals surface area contributed by atoms with Gasteiger partial charge in [-0.05, 0) is 93.0 Å². The number of aliphatic hydroxyl groups excluding tert-OH is 1. The molecule has 2 aliphatic heterocycles. The lowest BCUT2D eigenvalue weighted by Gasteiger charge is -2.04. The van der Waals surface area contributed by atoms with Crippen LogP contribution < -0.4 is 10.7 Å². The van der Waals surface area contributed by atoms with Crippen molar-refractivity contribution >= 4 is 28.6 Å². The topological polar surface area (TPSA) is 96.8 Å². The maximum absolute atomic E-state index is 9.36. The zero-order valence-electron chi connectivity index (χ0n) is 18.1. The molecule has 4 rings (SSSR count). The van der Waals surface area contributed by atoms with Crippen LogP contribution in [0.3, 0.4) is 0 Å². The van der Waals surface area contributed by atoms with Gasteiger partial charge in [0.2, 0.25) is 0 Å². The van der Waals surface area contributed by atoms with E-state index in [1.165, 1.54) is 0 Å². The number of aromatic nitrogens is 2. The number of aliphatic hydroxyl groups is 2. The van der Waals surface area contributed by atoms with E-state index in [0.29, 0.717) is 11.3 Å². The Hall–Kier alpha value is -3.48. The number of rotatable bonds is 4. The third-order valence-corrected chi connectivity index (χ3v) is 5.74. The largest absolute Gasteiger partial charge is 0.365 e. The van der Waals surface area contributed by atoms with E-state index in [2.05, 4.69) is 52.0 Å². The number of nitrogens with zero attached hydrogens (tertiary/aromatic N) is 2. The molecule has 31 heavy (non-hydrogen) atoms. The fraction of sp³-hybridized carbons (Fsp3) is 0.200. The fourth-order valence-corrected chi connectivity index (χ4v) is 3.53. The highest BCUT2D eigenvalue weighted by atomic mass is 16.5. The van der Waals surface area contributed by atoms with Crippen molar-refractivity contribution in [2.24, 2.45) is 9.98 Å². The number of H-pyrrole nitrogens is 2. The molecule has 4 N–H and O–H groups in total. The van der Waals surface area contributed by atoms with Crippen LogP contribution in [0.2, 0.25) is 0 Å². The van der Waals surface area contributed by atoms with E-state index in [1.54, 1.807) is 19.2 Å². The monoisotopic (exact) mass is 414 g/mol. The van der Waals surface area contributed by atoms with Crippen molar-refractivity contribution in [3.63, 3.8) is 0 Å². The average molecular weight is 415 g/mol. The third-order valence-electron chi connectivity index (χ3n) is 5.74. The molecule has 0 aromatic carbocycles. The van der Waals surface area contributed by atoms with Gasteiger partial charge in [0, 0.05) is 33.9 Å². The number of hydrogen-bond acceptors (Lipinski definition) is 4. The van der Waals surface area contributed by atoms with Gasteiger partial charge >= 0.3 is 0 Å². The van der Waals surface area contributed by atoms with E-state index in [4.69, 9.17) is 0 Å². The Bertz CT molecular complexity index is 1320. The van der Waals surface area contributed by atoms with Crippen LogP contribution in [0.1, 0.15) is 39.1 Å². The first kappa shape index (κ1) is 20.8. The number of hydrogen-bond donors (Lipinski definition) is 4. The van der Waals surface area contributed by atoms with Crippen LogP contribution in [0.25, 0.3) is 16.7 Å². The minimum Gasteiger partial charge on any atom is -0.365 e. The zero-order valence-corrected chi connectivity index (χ0v) is 18.1. The van der Waals surface area contributed by atoms with Crippen molar-refractivity contribution < 1.29 is 10.2 Å². The molecular weight excluding hydrogens is 388 g/mol. The van der Waals surface area contributed by atoms with Crippen LogP contribution in [0.15, 0.2) is 75.5 Å². The summed E-state index contributed by atoms with van der Waals surface area (Å²) in [6.45, 7) is 7.80. The Morgan fingerprint density at radius 2 is 1.45 bits per heavy atom. The van der Waals surface area contributed by atoms with Gasteiger partial charge in [0.05, 0.1) is 17.1 Å². The SMILES string of the molecule is CC(=C1C=CC=N1)c1ccc(C(C)=c2ccc(=C(C)C3=N/C(=C(\C)C(O)O)C=C3)[nH]2)[nH]1. The quantitative estimate of drug-likeness (QED) is 0.579. The number of aromatic amines is 2. The average Bonchev–Trinajstić information content (AvgIpc) is 3.58. The van der Waals surface area contributed by atoms with Gasteiger partial charge in [0.15, 0.2) is 6.29 Å². The summed E-state index contributed by atoms with van der Waals surface area (Å²) >= 11 is 0. The molecule has 6 nitrogen and oxygen atoms in total. The Morgan fingerprint density at radius 3 is 2.10 bits per heavy atom. The molecule has 0 saturated heterocycles. The normalized spacial score (nSPS) is 20.5. The van der Waals surface area contributed by atoms with Crippen LogP contribution in [0.4, 0.5) is 0 Å². The molecule has 0 spiro atoms. The molecule has 0 aliphatic carbocycles. The molecule has 0 radical (unpaired) electrons. The van der Waals surface area contributed by atoms with E-state index in [-0.39, 0.29) is 0 Å². The molecule has 158 valence electrons. The van der Waals surface area contributed by atoms with Gasteiger partial charge in [-0.25, -0.2) is 4.99 Å². The standard InChI is InChI=1S/C25H26N4O2/c1-14(18-6-5-13-26-18)19-7-8-20(27-19)15(2)21-9-10-22(28-21)16(3)23-11-12-24(29-23)17(4)25(30)31/h5-13,25,27-28,30-31H,1-4H3/b18-14?,21-15?,22-16?,24-17+. The zero-order chi connectivity index (χ0) is 22.1.